The highest BCUT2D eigenvalue weighted by molar-refractivity contribution is 7.13. The number of hydrazine groups is 1. The lowest BCUT2D eigenvalue weighted by Gasteiger charge is -2.20. The van der Waals surface area contributed by atoms with E-state index < -0.39 is 29.6 Å². The van der Waals surface area contributed by atoms with Crippen molar-refractivity contribution in [3.8, 4) is 10.6 Å². The molecule has 0 fully saturated rings. The minimum absolute atomic E-state index is 0.0896. The number of thiazole rings is 1. The minimum atomic E-state index is -0.899. The van der Waals surface area contributed by atoms with Crippen LogP contribution < -0.4 is 16.2 Å². The SMILES string of the molecule is CC(C)C[C@H](NC(=O)c1ccc(F)cc1)C(=O)NNC(=O)c1csc(-c2cccc3ccccc23)n1. The van der Waals surface area contributed by atoms with Gasteiger partial charge < -0.3 is 5.32 Å². The predicted molar refractivity (Wildman–Crippen MR) is 138 cm³/mol. The van der Waals surface area contributed by atoms with Gasteiger partial charge in [0.25, 0.3) is 17.7 Å². The molecule has 0 aliphatic rings. The average Bonchev–Trinajstić information content (AvgIpc) is 3.36. The van der Waals surface area contributed by atoms with E-state index in [0.29, 0.717) is 11.4 Å². The Morgan fingerprint density at radius 1 is 0.917 bits per heavy atom. The topological polar surface area (TPSA) is 100 Å². The molecule has 36 heavy (non-hydrogen) atoms. The number of carbonyl (C=O) groups excluding carboxylic acids is 3. The zero-order chi connectivity index (χ0) is 25.7. The molecule has 7 nitrogen and oxygen atoms in total. The molecule has 0 aliphatic heterocycles. The summed E-state index contributed by atoms with van der Waals surface area (Å²) in [5.74, 6) is -2.03. The van der Waals surface area contributed by atoms with Gasteiger partial charge >= 0.3 is 0 Å². The van der Waals surface area contributed by atoms with Crippen molar-refractivity contribution in [1.82, 2.24) is 21.2 Å². The summed E-state index contributed by atoms with van der Waals surface area (Å²) in [5.41, 5.74) is 6.07. The largest absolute Gasteiger partial charge is 0.340 e. The van der Waals surface area contributed by atoms with E-state index in [2.05, 4.69) is 21.2 Å². The Labute approximate surface area is 211 Å². The standard InChI is InChI=1S/C27H25FN4O3S/c1-16(2)14-22(29-24(33)18-10-12-19(28)13-11-18)25(34)31-32-26(35)23-15-36-27(30-23)21-9-5-7-17-6-3-4-8-20(17)21/h3-13,15-16,22H,14H2,1-2H3,(H,29,33)(H,31,34)(H,32,35)/t22-/m0/s1. The molecule has 4 aromatic rings. The zero-order valence-electron chi connectivity index (χ0n) is 19.7. The third-order valence-electron chi connectivity index (χ3n) is 5.49. The van der Waals surface area contributed by atoms with Crippen LogP contribution in [0.3, 0.4) is 0 Å². The number of carbonyl (C=O) groups is 3. The number of rotatable bonds is 7. The number of amides is 3. The first-order valence-electron chi connectivity index (χ1n) is 11.4. The van der Waals surface area contributed by atoms with Crippen LogP contribution in [0.5, 0.6) is 0 Å². The first-order valence-corrected chi connectivity index (χ1v) is 12.3. The summed E-state index contributed by atoms with van der Waals surface area (Å²) in [6.45, 7) is 3.82. The Morgan fingerprint density at radius 3 is 2.39 bits per heavy atom. The number of nitrogens with one attached hydrogen (secondary N) is 3. The molecule has 3 aromatic carbocycles. The number of fused-ring (bicyclic) bond motifs is 1. The van der Waals surface area contributed by atoms with Gasteiger partial charge in [-0.05, 0) is 47.4 Å². The summed E-state index contributed by atoms with van der Waals surface area (Å²) >= 11 is 1.33. The van der Waals surface area contributed by atoms with E-state index in [0.717, 1.165) is 16.3 Å². The number of nitrogens with zero attached hydrogens (tertiary/aromatic N) is 1. The predicted octanol–water partition coefficient (Wildman–Crippen LogP) is 4.71. The summed E-state index contributed by atoms with van der Waals surface area (Å²) in [5, 5.41) is 7.07. The van der Waals surface area contributed by atoms with Gasteiger partial charge in [0.2, 0.25) is 0 Å². The molecule has 0 radical (unpaired) electrons. The van der Waals surface area contributed by atoms with E-state index in [4.69, 9.17) is 0 Å². The Balaban J connectivity index is 1.41. The number of hydrogen-bond donors (Lipinski definition) is 3. The van der Waals surface area contributed by atoms with Crippen LogP contribution in [0.2, 0.25) is 0 Å². The van der Waals surface area contributed by atoms with Crippen LogP contribution in [0.15, 0.2) is 72.1 Å². The molecule has 0 bridgehead atoms. The molecule has 1 atom stereocenters. The van der Waals surface area contributed by atoms with Crippen LogP contribution in [0.4, 0.5) is 4.39 Å². The van der Waals surface area contributed by atoms with Gasteiger partial charge in [-0.15, -0.1) is 11.3 Å². The maximum absolute atomic E-state index is 13.2. The molecule has 0 saturated heterocycles. The van der Waals surface area contributed by atoms with Crippen LogP contribution in [0.1, 0.15) is 41.1 Å². The molecule has 9 heteroatoms. The molecule has 0 spiro atoms. The average molecular weight is 505 g/mol. The number of halogens is 1. The van der Waals surface area contributed by atoms with Crippen molar-refractivity contribution >= 4 is 39.8 Å². The smallest absolute Gasteiger partial charge is 0.289 e. The number of benzene rings is 3. The fourth-order valence-electron chi connectivity index (χ4n) is 3.73. The monoisotopic (exact) mass is 504 g/mol. The van der Waals surface area contributed by atoms with E-state index >= 15 is 0 Å². The van der Waals surface area contributed by atoms with Crippen LogP contribution >= 0.6 is 11.3 Å². The van der Waals surface area contributed by atoms with E-state index in [9.17, 15) is 18.8 Å². The van der Waals surface area contributed by atoms with Gasteiger partial charge in [-0.2, -0.15) is 0 Å². The summed E-state index contributed by atoms with van der Waals surface area (Å²) in [6, 6.07) is 18.0. The third-order valence-corrected chi connectivity index (χ3v) is 6.37. The maximum atomic E-state index is 13.2. The first-order chi connectivity index (χ1) is 17.3. The van der Waals surface area contributed by atoms with Crippen LogP contribution in [0, 0.1) is 11.7 Å². The third kappa shape index (κ3) is 5.92. The van der Waals surface area contributed by atoms with Crippen molar-refractivity contribution in [3.63, 3.8) is 0 Å². The Morgan fingerprint density at radius 2 is 1.64 bits per heavy atom. The molecule has 4 rings (SSSR count). The van der Waals surface area contributed by atoms with E-state index in [1.54, 1.807) is 5.38 Å². The van der Waals surface area contributed by atoms with E-state index in [1.807, 2.05) is 56.3 Å². The molecule has 3 N–H and O–H groups in total. The molecule has 0 unspecified atom stereocenters. The number of hydrogen-bond acceptors (Lipinski definition) is 5. The van der Waals surface area contributed by atoms with Crippen LogP contribution in [-0.4, -0.2) is 28.7 Å². The second-order valence-corrected chi connectivity index (χ2v) is 9.53. The molecule has 0 saturated carbocycles. The molecule has 1 aromatic heterocycles. The second kappa shape index (κ2) is 11.1. The summed E-state index contributed by atoms with van der Waals surface area (Å²) in [4.78, 5) is 42.4. The first kappa shape index (κ1) is 25.0. The quantitative estimate of drug-likeness (QED) is 0.318. The van der Waals surface area contributed by atoms with Gasteiger partial charge in [-0.25, -0.2) is 9.37 Å². The van der Waals surface area contributed by atoms with Gasteiger partial charge in [-0.1, -0.05) is 56.3 Å². The zero-order valence-corrected chi connectivity index (χ0v) is 20.6. The fraction of sp³-hybridized carbons (Fsp3) is 0.185. The Bertz CT molecular complexity index is 1400. The van der Waals surface area contributed by atoms with Gasteiger partial charge in [0.1, 0.15) is 22.6 Å². The van der Waals surface area contributed by atoms with Gasteiger partial charge in [-0.3, -0.25) is 25.2 Å². The summed E-state index contributed by atoms with van der Waals surface area (Å²) in [7, 11) is 0. The molecule has 1 heterocycles. The van der Waals surface area contributed by atoms with E-state index in [1.165, 1.54) is 35.6 Å². The highest BCUT2D eigenvalue weighted by Crippen LogP contribution is 2.30. The molecular formula is C27H25FN4O3S. The van der Waals surface area contributed by atoms with E-state index in [-0.39, 0.29) is 17.2 Å². The lowest BCUT2D eigenvalue weighted by atomic mass is 10.0. The summed E-state index contributed by atoms with van der Waals surface area (Å²) in [6.07, 6.45) is 0.344. The van der Waals surface area contributed by atoms with Crippen molar-refractivity contribution < 1.29 is 18.8 Å². The van der Waals surface area contributed by atoms with Gasteiger partial charge in [0.15, 0.2) is 0 Å². The van der Waals surface area contributed by atoms with Crippen molar-refractivity contribution in [3.05, 3.63) is 89.2 Å². The van der Waals surface area contributed by atoms with Crippen molar-refractivity contribution in [2.24, 2.45) is 5.92 Å². The van der Waals surface area contributed by atoms with Crippen LogP contribution in [0.25, 0.3) is 21.3 Å². The number of aromatic nitrogens is 1. The summed E-state index contributed by atoms with van der Waals surface area (Å²) < 4.78 is 13.2. The fourth-order valence-corrected chi connectivity index (χ4v) is 4.57. The molecule has 3 amide bonds. The van der Waals surface area contributed by atoms with Crippen LogP contribution in [-0.2, 0) is 4.79 Å². The van der Waals surface area contributed by atoms with Gasteiger partial charge in [0.05, 0.1) is 0 Å². The van der Waals surface area contributed by atoms with Crippen molar-refractivity contribution in [2.45, 2.75) is 26.3 Å². The minimum Gasteiger partial charge on any atom is -0.340 e. The normalized spacial score (nSPS) is 11.8. The van der Waals surface area contributed by atoms with Gasteiger partial charge in [0, 0.05) is 16.5 Å². The van der Waals surface area contributed by atoms with Crippen molar-refractivity contribution in [1.29, 1.82) is 0 Å². The highest BCUT2D eigenvalue weighted by Gasteiger charge is 2.23. The second-order valence-electron chi connectivity index (χ2n) is 8.67. The maximum Gasteiger partial charge on any atom is 0.289 e. The Hall–Kier alpha value is -4.11. The molecule has 184 valence electrons. The highest BCUT2D eigenvalue weighted by atomic mass is 32.1. The lowest BCUT2D eigenvalue weighted by molar-refractivity contribution is -0.124. The van der Waals surface area contributed by atoms with Crippen molar-refractivity contribution in [2.75, 3.05) is 0 Å². The lowest BCUT2D eigenvalue weighted by Crippen LogP contribution is -2.52. The molecular weight excluding hydrogens is 479 g/mol. The molecule has 0 aliphatic carbocycles. The Kier molecular flexibility index (Phi) is 7.70.